The number of ether oxygens (including phenoxy) is 1. The number of nitrogen functional groups attached to an aromatic ring is 1. The first-order valence-electron chi connectivity index (χ1n) is 9.96. The van der Waals surface area contributed by atoms with Crippen LogP contribution in [0.15, 0.2) is 54.9 Å². The molecule has 1 heterocycles. The average molecular weight is 435 g/mol. The number of amides is 2. The van der Waals surface area contributed by atoms with Crippen LogP contribution in [0.1, 0.15) is 36.7 Å². The van der Waals surface area contributed by atoms with Crippen molar-refractivity contribution in [3.05, 3.63) is 66.0 Å². The van der Waals surface area contributed by atoms with Gasteiger partial charge in [-0.25, -0.2) is 14.8 Å². The lowest BCUT2D eigenvalue weighted by Crippen LogP contribution is -2.27. The Labute approximate surface area is 186 Å². The summed E-state index contributed by atoms with van der Waals surface area (Å²) in [6, 6.07) is 12.2. The summed E-state index contributed by atoms with van der Waals surface area (Å²) in [5, 5.41) is 8.49. The van der Waals surface area contributed by atoms with Gasteiger partial charge in [-0.1, -0.05) is 12.1 Å². The number of hydrogen-bond acceptors (Lipinski definition) is 7. The molecule has 0 atom stereocenters. The van der Waals surface area contributed by atoms with Gasteiger partial charge in [0, 0.05) is 22.6 Å². The molecular formula is C23H26N6O3. The van der Waals surface area contributed by atoms with Gasteiger partial charge in [0.2, 0.25) is 5.95 Å². The number of hydrogen-bond donors (Lipinski definition) is 4. The second-order valence-electron chi connectivity index (χ2n) is 8.16. The molecule has 2 aromatic carbocycles. The second kappa shape index (κ2) is 9.34. The van der Waals surface area contributed by atoms with Crippen molar-refractivity contribution in [2.24, 2.45) is 0 Å². The van der Waals surface area contributed by atoms with E-state index in [-0.39, 0.29) is 5.91 Å². The Hall–Kier alpha value is -4.14. The van der Waals surface area contributed by atoms with Gasteiger partial charge >= 0.3 is 6.09 Å². The van der Waals surface area contributed by atoms with Crippen LogP contribution in [0.4, 0.5) is 33.5 Å². The Bertz CT molecular complexity index is 1120. The SMILES string of the molecule is Cc1ccc(N)cc1C(=O)Nc1cnc(Nc2cccc(NC(=O)OC(C)(C)C)c2)nc1. The summed E-state index contributed by atoms with van der Waals surface area (Å²) in [4.78, 5) is 32.9. The van der Waals surface area contributed by atoms with Gasteiger partial charge in [0.05, 0.1) is 18.1 Å². The van der Waals surface area contributed by atoms with Crippen molar-refractivity contribution in [2.45, 2.75) is 33.3 Å². The number of aryl methyl sites for hydroxylation is 1. The summed E-state index contributed by atoms with van der Waals surface area (Å²) in [6.07, 6.45) is 2.45. The molecule has 1 aromatic heterocycles. The number of carbonyl (C=O) groups is 2. The van der Waals surface area contributed by atoms with Crippen molar-refractivity contribution in [1.29, 1.82) is 0 Å². The second-order valence-corrected chi connectivity index (χ2v) is 8.16. The number of anilines is 5. The summed E-state index contributed by atoms with van der Waals surface area (Å²) in [5.74, 6) is 0.0394. The van der Waals surface area contributed by atoms with Crippen LogP contribution in [0.2, 0.25) is 0 Å². The minimum absolute atomic E-state index is 0.292. The van der Waals surface area contributed by atoms with Crippen molar-refractivity contribution in [3.63, 3.8) is 0 Å². The van der Waals surface area contributed by atoms with Crippen molar-refractivity contribution in [3.8, 4) is 0 Å². The molecule has 0 fully saturated rings. The third-order valence-electron chi connectivity index (χ3n) is 4.18. The molecule has 3 rings (SSSR count). The third-order valence-corrected chi connectivity index (χ3v) is 4.18. The molecule has 0 radical (unpaired) electrons. The lowest BCUT2D eigenvalue weighted by Gasteiger charge is -2.19. The van der Waals surface area contributed by atoms with Gasteiger partial charge in [0.1, 0.15) is 5.60 Å². The molecule has 0 aliphatic rings. The molecule has 32 heavy (non-hydrogen) atoms. The van der Waals surface area contributed by atoms with Gasteiger partial charge in [-0.2, -0.15) is 0 Å². The summed E-state index contributed by atoms with van der Waals surface area (Å²) >= 11 is 0. The highest BCUT2D eigenvalue weighted by Gasteiger charge is 2.16. The number of rotatable bonds is 5. The van der Waals surface area contributed by atoms with Gasteiger partial charge in [0.15, 0.2) is 0 Å². The lowest BCUT2D eigenvalue weighted by molar-refractivity contribution is 0.0635. The van der Waals surface area contributed by atoms with Crippen molar-refractivity contribution >= 4 is 40.7 Å². The van der Waals surface area contributed by atoms with Gasteiger partial charge in [-0.3, -0.25) is 10.1 Å². The minimum Gasteiger partial charge on any atom is -0.444 e. The maximum atomic E-state index is 12.5. The van der Waals surface area contributed by atoms with E-state index in [0.717, 1.165) is 5.56 Å². The van der Waals surface area contributed by atoms with E-state index in [2.05, 4.69) is 25.9 Å². The molecule has 0 spiro atoms. The number of aromatic nitrogens is 2. The van der Waals surface area contributed by atoms with Gasteiger partial charge < -0.3 is 21.1 Å². The van der Waals surface area contributed by atoms with Crippen LogP contribution >= 0.6 is 0 Å². The molecule has 0 aliphatic heterocycles. The molecule has 0 saturated heterocycles. The molecule has 0 unspecified atom stereocenters. The van der Waals surface area contributed by atoms with Gasteiger partial charge in [-0.05, 0) is 63.6 Å². The molecule has 0 bridgehead atoms. The Kier molecular flexibility index (Phi) is 6.58. The smallest absolute Gasteiger partial charge is 0.412 e. The average Bonchev–Trinajstić information content (AvgIpc) is 2.70. The number of nitrogens with one attached hydrogen (secondary N) is 3. The molecule has 166 valence electrons. The standard InChI is InChI=1S/C23H26N6O3/c1-14-8-9-15(24)10-19(14)20(30)27-18-12-25-21(26-13-18)28-16-6-5-7-17(11-16)29-22(31)32-23(2,3)4/h5-13H,24H2,1-4H3,(H,27,30)(H,29,31)(H,25,26,28). The molecule has 9 nitrogen and oxygen atoms in total. The molecule has 5 N–H and O–H groups in total. The largest absolute Gasteiger partial charge is 0.444 e. The van der Waals surface area contributed by atoms with E-state index in [1.807, 2.05) is 13.0 Å². The third kappa shape index (κ3) is 6.43. The molecule has 3 aromatic rings. The Morgan fingerprint density at radius 2 is 1.62 bits per heavy atom. The maximum Gasteiger partial charge on any atom is 0.412 e. The van der Waals surface area contributed by atoms with E-state index in [4.69, 9.17) is 10.5 Å². The van der Waals surface area contributed by atoms with E-state index in [1.165, 1.54) is 12.4 Å². The number of benzene rings is 2. The topological polar surface area (TPSA) is 131 Å². The molecule has 9 heteroatoms. The first-order valence-corrected chi connectivity index (χ1v) is 9.96. The van der Waals surface area contributed by atoms with E-state index in [1.54, 1.807) is 57.2 Å². The monoisotopic (exact) mass is 434 g/mol. The normalized spacial score (nSPS) is 10.9. The maximum absolute atomic E-state index is 12.5. The minimum atomic E-state index is -0.587. The van der Waals surface area contributed by atoms with Crippen LogP contribution in [0.25, 0.3) is 0 Å². The van der Waals surface area contributed by atoms with Crippen LogP contribution in [0.3, 0.4) is 0 Å². The van der Waals surface area contributed by atoms with Crippen molar-refractivity contribution < 1.29 is 14.3 Å². The first kappa shape index (κ1) is 22.5. The summed E-state index contributed by atoms with van der Waals surface area (Å²) in [7, 11) is 0. The highest BCUT2D eigenvalue weighted by molar-refractivity contribution is 6.05. The van der Waals surface area contributed by atoms with Crippen LogP contribution < -0.4 is 21.7 Å². The highest BCUT2D eigenvalue weighted by atomic mass is 16.6. The fraction of sp³-hybridized carbons (Fsp3) is 0.217. The van der Waals surface area contributed by atoms with Crippen molar-refractivity contribution in [2.75, 3.05) is 21.7 Å². The fourth-order valence-corrected chi connectivity index (χ4v) is 2.77. The number of nitrogens with zero attached hydrogens (tertiary/aromatic N) is 2. The van der Waals surface area contributed by atoms with E-state index in [9.17, 15) is 9.59 Å². The Morgan fingerprint density at radius 3 is 2.31 bits per heavy atom. The Balaban J connectivity index is 1.63. The quantitative estimate of drug-likeness (QED) is 0.428. The molecule has 2 amide bonds. The summed E-state index contributed by atoms with van der Waals surface area (Å²) < 4.78 is 5.25. The first-order chi connectivity index (χ1) is 15.1. The number of carbonyl (C=O) groups excluding carboxylic acids is 2. The zero-order chi connectivity index (χ0) is 23.3. The fourth-order valence-electron chi connectivity index (χ4n) is 2.77. The van der Waals surface area contributed by atoms with Crippen molar-refractivity contribution in [1.82, 2.24) is 9.97 Å². The summed E-state index contributed by atoms with van der Waals surface area (Å²) in [5.41, 5.74) is 8.68. The van der Waals surface area contributed by atoms with E-state index in [0.29, 0.717) is 34.3 Å². The predicted octanol–water partition coefficient (Wildman–Crippen LogP) is 4.71. The molecule has 0 aliphatic carbocycles. The van der Waals surface area contributed by atoms with E-state index >= 15 is 0 Å². The van der Waals surface area contributed by atoms with E-state index < -0.39 is 11.7 Å². The van der Waals surface area contributed by atoms with Crippen LogP contribution in [0.5, 0.6) is 0 Å². The lowest BCUT2D eigenvalue weighted by atomic mass is 10.1. The zero-order valence-electron chi connectivity index (χ0n) is 18.4. The van der Waals surface area contributed by atoms with Crippen LogP contribution in [-0.4, -0.2) is 27.6 Å². The zero-order valence-corrected chi connectivity index (χ0v) is 18.4. The molecule has 0 saturated carbocycles. The number of nitrogens with two attached hydrogens (primary N) is 1. The van der Waals surface area contributed by atoms with Crippen LogP contribution in [0, 0.1) is 6.92 Å². The van der Waals surface area contributed by atoms with Gasteiger partial charge in [-0.15, -0.1) is 0 Å². The van der Waals surface area contributed by atoms with Gasteiger partial charge in [0.25, 0.3) is 5.91 Å². The Morgan fingerprint density at radius 1 is 0.938 bits per heavy atom. The molecular weight excluding hydrogens is 408 g/mol. The van der Waals surface area contributed by atoms with Crippen LogP contribution in [-0.2, 0) is 4.74 Å². The summed E-state index contributed by atoms with van der Waals surface area (Å²) in [6.45, 7) is 7.23. The highest BCUT2D eigenvalue weighted by Crippen LogP contribution is 2.20. The predicted molar refractivity (Wildman–Crippen MR) is 125 cm³/mol.